The van der Waals surface area contributed by atoms with Gasteiger partial charge in [-0.1, -0.05) is 38.0 Å². The summed E-state index contributed by atoms with van der Waals surface area (Å²) < 4.78 is 49.4. The highest BCUT2D eigenvalue weighted by atomic mass is 19.4. The van der Waals surface area contributed by atoms with Crippen LogP contribution < -0.4 is 0 Å². The Morgan fingerprint density at radius 2 is 1.91 bits per heavy atom. The largest absolute Gasteiger partial charge is 0.460 e. The number of carbonyl (C=O) groups excluding carboxylic acids is 2. The van der Waals surface area contributed by atoms with Crippen molar-refractivity contribution in [2.24, 2.45) is 5.92 Å². The molecule has 0 unspecified atom stereocenters. The highest BCUT2D eigenvalue weighted by molar-refractivity contribution is 5.97. The lowest BCUT2D eigenvalue weighted by Crippen LogP contribution is -2.24. The first kappa shape index (κ1) is 32.5. The minimum Gasteiger partial charge on any atom is -0.460 e. The molecule has 232 valence electrons. The summed E-state index contributed by atoms with van der Waals surface area (Å²) in [5.74, 6) is 2.04. The Hall–Kier alpha value is -4.46. The molecule has 3 heterocycles. The molecule has 8 nitrogen and oxygen atoms in total. The molecule has 3 aromatic heterocycles. The van der Waals surface area contributed by atoms with Crippen LogP contribution in [0.1, 0.15) is 86.8 Å². The predicted molar refractivity (Wildman–Crippen MR) is 160 cm³/mol. The van der Waals surface area contributed by atoms with Crippen LogP contribution in [0.25, 0.3) is 16.9 Å². The summed E-state index contributed by atoms with van der Waals surface area (Å²) >= 11 is 0. The Labute approximate surface area is 254 Å². The van der Waals surface area contributed by atoms with Crippen molar-refractivity contribution in [3.8, 4) is 23.6 Å². The van der Waals surface area contributed by atoms with E-state index in [1.807, 2.05) is 52.8 Å². The molecular weight excluding hydrogens is 571 g/mol. The molecule has 0 fully saturated rings. The topological polar surface area (TPSA) is 91.4 Å². The molecule has 0 spiro atoms. The van der Waals surface area contributed by atoms with Gasteiger partial charge >= 0.3 is 12.1 Å². The molecule has 44 heavy (non-hydrogen) atoms. The summed E-state index contributed by atoms with van der Waals surface area (Å²) in [7, 11) is 0. The molecule has 1 atom stereocenters. The number of ketones is 1. The third-order valence-electron chi connectivity index (χ3n) is 7.08. The average Bonchev–Trinajstić information content (AvgIpc) is 3.56. The maximum Gasteiger partial charge on any atom is 0.435 e. The molecule has 4 rings (SSSR count). The summed E-state index contributed by atoms with van der Waals surface area (Å²) in [5, 5.41) is 3.66. The van der Waals surface area contributed by atoms with Crippen LogP contribution in [0.15, 0.2) is 43.0 Å². The van der Waals surface area contributed by atoms with E-state index < -0.39 is 17.5 Å². The number of nitrogens with zero attached hydrogens (tertiary/aromatic N) is 5. The number of hydrogen-bond acceptors (Lipinski definition) is 6. The maximum atomic E-state index is 13.8. The van der Waals surface area contributed by atoms with Crippen LogP contribution in [0.5, 0.6) is 0 Å². The lowest BCUT2D eigenvalue weighted by molar-refractivity contribution is -0.155. The monoisotopic (exact) mass is 607 g/mol. The van der Waals surface area contributed by atoms with E-state index in [1.165, 1.54) is 18.6 Å². The Balaban J connectivity index is 1.53. The molecule has 0 saturated heterocycles. The van der Waals surface area contributed by atoms with E-state index in [0.717, 1.165) is 15.8 Å². The van der Waals surface area contributed by atoms with Crippen LogP contribution in [0, 0.1) is 18.3 Å². The van der Waals surface area contributed by atoms with Gasteiger partial charge in [-0.2, -0.15) is 18.3 Å². The van der Waals surface area contributed by atoms with Crippen molar-refractivity contribution >= 4 is 17.4 Å². The molecule has 0 amide bonds. The van der Waals surface area contributed by atoms with Gasteiger partial charge in [0.25, 0.3) is 0 Å². The van der Waals surface area contributed by atoms with Crippen LogP contribution in [0.4, 0.5) is 13.2 Å². The molecule has 1 aromatic carbocycles. The van der Waals surface area contributed by atoms with Crippen LogP contribution >= 0.6 is 0 Å². The van der Waals surface area contributed by atoms with Crippen LogP contribution in [-0.4, -0.2) is 41.5 Å². The number of fused-ring (bicyclic) bond motifs is 1. The van der Waals surface area contributed by atoms with Crippen molar-refractivity contribution in [3.63, 3.8) is 0 Å². The summed E-state index contributed by atoms with van der Waals surface area (Å²) in [6.07, 6.45) is 8.43. The van der Waals surface area contributed by atoms with Gasteiger partial charge in [-0.15, -0.1) is 6.42 Å². The number of Topliss-reactive ketones (excluding diaryl/α,β-unsaturated/α-hetero) is 1. The van der Waals surface area contributed by atoms with Crippen molar-refractivity contribution in [3.05, 3.63) is 71.1 Å². The Kier molecular flexibility index (Phi) is 9.62. The minimum atomic E-state index is -4.68. The number of rotatable bonds is 11. The van der Waals surface area contributed by atoms with Gasteiger partial charge in [0.05, 0.1) is 23.1 Å². The van der Waals surface area contributed by atoms with Crippen LogP contribution in [0.3, 0.4) is 0 Å². The fourth-order valence-corrected chi connectivity index (χ4v) is 5.09. The van der Waals surface area contributed by atoms with E-state index in [2.05, 4.69) is 21.0 Å². The zero-order valence-electron chi connectivity index (χ0n) is 25.5. The van der Waals surface area contributed by atoms with Gasteiger partial charge in [-0.25, -0.2) is 4.98 Å². The Bertz CT molecular complexity index is 1710. The highest BCUT2D eigenvalue weighted by Gasteiger charge is 2.38. The number of benzene rings is 1. The summed E-state index contributed by atoms with van der Waals surface area (Å²) in [6, 6.07) is 5.63. The number of alkyl halides is 3. The number of halogens is 3. The van der Waals surface area contributed by atoms with E-state index >= 15 is 0 Å². The molecule has 11 heteroatoms. The van der Waals surface area contributed by atoms with Crippen LogP contribution in [-0.2, 0) is 35.1 Å². The highest BCUT2D eigenvalue weighted by Crippen LogP contribution is 2.36. The van der Waals surface area contributed by atoms with Gasteiger partial charge in [0, 0.05) is 43.4 Å². The molecule has 0 aliphatic heterocycles. The number of esters is 1. The van der Waals surface area contributed by atoms with Gasteiger partial charge in [0.2, 0.25) is 0 Å². The Morgan fingerprint density at radius 1 is 1.16 bits per heavy atom. The maximum absolute atomic E-state index is 13.8. The second kappa shape index (κ2) is 13.0. The van der Waals surface area contributed by atoms with Gasteiger partial charge < -0.3 is 4.74 Å². The lowest BCUT2D eigenvalue weighted by Gasteiger charge is -2.20. The van der Waals surface area contributed by atoms with E-state index in [1.54, 1.807) is 10.6 Å². The first-order valence-electron chi connectivity index (χ1n) is 14.5. The van der Waals surface area contributed by atoms with Gasteiger partial charge in [-0.3, -0.25) is 23.7 Å². The van der Waals surface area contributed by atoms with Crippen molar-refractivity contribution in [1.82, 2.24) is 24.1 Å². The molecule has 0 N–H and O–H groups in total. The first-order chi connectivity index (χ1) is 20.7. The summed E-state index contributed by atoms with van der Waals surface area (Å²) in [5.41, 5.74) is 1.90. The van der Waals surface area contributed by atoms with Crippen molar-refractivity contribution in [2.45, 2.75) is 85.0 Å². The van der Waals surface area contributed by atoms with E-state index in [0.29, 0.717) is 42.6 Å². The fraction of sp³-hybridized carbons (Fsp3) is 0.424. The molecule has 4 aromatic rings. The second-order valence-electron chi connectivity index (χ2n) is 11.9. The SMILES string of the molecule is C#CCn1cc(-c2cnc3c(Cc4ccc(C(=O)C[C@H](C)CCC(=O)OC(C)(C)C)c(CC)c4)nccn23)c(C(F)(F)F)n1. The molecule has 0 radical (unpaired) electrons. The number of aromatic nitrogens is 5. The molecule has 0 saturated carbocycles. The molecule has 0 aliphatic carbocycles. The minimum absolute atomic E-state index is 0.00683. The normalized spacial score (nSPS) is 12.7. The quantitative estimate of drug-likeness (QED) is 0.107. The zero-order chi connectivity index (χ0) is 32.2. The Morgan fingerprint density at radius 3 is 2.57 bits per heavy atom. The smallest absolute Gasteiger partial charge is 0.435 e. The lowest BCUT2D eigenvalue weighted by atomic mass is 9.91. The molecule has 0 bridgehead atoms. The van der Waals surface area contributed by atoms with Crippen molar-refractivity contribution < 1.29 is 27.5 Å². The summed E-state index contributed by atoms with van der Waals surface area (Å²) in [4.78, 5) is 34.1. The number of terminal acetylenes is 1. The third-order valence-corrected chi connectivity index (χ3v) is 7.08. The number of ether oxygens (including phenoxy) is 1. The summed E-state index contributed by atoms with van der Waals surface area (Å²) in [6.45, 7) is 9.29. The predicted octanol–water partition coefficient (Wildman–Crippen LogP) is 6.73. The molecular formula is C33H36F3N5O3. The number of imidazole rings is 1. The van der Waals surface area contributed by atoms with Crippen molar-refractivity contribution in [1.29, 1.82) is 0 Å². The average molecular weight is 608 g/mol. The van der Waals surface area contributed by atoms with Gasteiger partial charge in [0.15, 0.2) is 17.1 Å². The van der Waals surface area contributed by atoms with E-state index in [-0.39, 0.29) is 41.9 Å². The van der Waals surface area contributed by atoms with E-state index in [9.17, 15) is 22.8 Å². The van der Waals surface area contributed by atoms with Crippen LogP contribution in [0.2, 0.25) is 0 Å². The third kappa shape index (κ3) is 7.73. The number of carbonyl (C=O) groups is 2. The van der Waals surface area contributed by atoms with Crippen molar-refractivity contribution in [2.75, 3.05) is 0 Å². The fourth-order valence-electron chi connectivity index (χ4n) is 5.09. The van der Waals surface area contributed by atoms with Gasteiger partial charge in [0.1, 0.15) is 12.1 Å². The first-order valence-corrected chi connectivity index (χ1v) is 14.5. The number of hydrogen-bond donors (Lipinski definition) is 0. The zero-order valence-corrected chi connectivity index (χ0v) is 25.5. The van der Waals surface area contributed by atoms with Gasteiger partial charge in [-0.05, 0) is 50.7 Å². The molecule has 0 aliphatic rings. The van der Waals surface area contributed by atoms with E-state index in [4.69, 9.17) is 11.2 Å². The second-order valence-corrected chi connectivity index (χ2v) is 11.9. The standard InChI is InChI=1S/C33H36F3N5O3/c1-7-14-40-20-25(30(39-40)33(34,35)36)27-19-38-31-26(37-13-15-41(27)31)18-22-10-11-24(23(8-2)17-22)28(42)16-21(3)9-12-29(43)44-32(4,5)6/h1,10-11,13,15,17,19-21H,8-9,12,14,16,18H2,2-6H3/t21-/m1/s1. The number of aryl methyl sites for hydroxylation is 1.